The Morgan fingerprint density at radius 3 is 1.12 bits per heavy atom. The number of ketones is 1. The monoisotopic (exact) mass is 117 g/mol. The summed E-state index contributed by atoms with van der Waals surface area (Å²) in [6.45, 7) is 4.03. The number of carboxylic acid groups (broad SMARTS) is 1. The van der Waals surface area contributed by atoms with Crippen LogP contribution in [0.4, 0.5) is 0 Å². The van der Waals surface area contributed by atoms with E-state index in [1.54, 1.807) is 0 Å². The third-order valence-electron chi connectivity index (χ3n) is 0. The maximum Gasteiger partial charge on any atom is 0.126 e. The Labute approximate surface area is 48.3 Å². The predicted molar refractivity (Wildman–Crippen MR) is 27.0 cm³/mol. The fraction of sp³-hybridized carbons (Fsp3) is 0.600. The third kappa shape index (κ3) is 119. The second-order valence-electron chi connectivity index (χ2n) is 1.40. The van der Waals surface area contributed by atoms with E-state index in [2.05, 4.69) is 0 Å². The summed E-state index contributed by atoms with van der Waals surface area (Å²) in [4.78, 5) is 18.3. The molecule has 0 saturated carbocycles. The van der Waals surface area contributed by atoms with E-state index in [-0.39, 0.29) is 5.78 Å². The molecule has 0 amide bonds. The van der Waals surface area contributed by atoms with Crippen LogP contribution in [0.1, 0.15) is 20.8 Å². The van der Waals surface area contributed by atoms with Crippen LogP contribution < -0.4 is 5.11 Å². The van der Waals surface area contributed by atoms with Crippen molar-refractivity contribution in [2.24, 2.45) is 0 Å². The largest absolute Gasteiger partial charge is 0.550 e. The Morgan fingerprint density at radius 2 is 1.12 bits per heavy atom. The highest BCUT2D eigenvalue weighted by atomic mass is 16.4. The smallest absolute Gasteiger partial charge is 0.126 e. The molecule has 0 heterocycles. The van der Waals surface area contributed by atoms with Crippen molar-refractivity contribution in [1.82, 2.24) is 0 Å². The van der Waals surface area contributed by atoms with Gasteiger partial charge in [-0.25, -0.2) is 0 Å². The number of Topliss-reactive ketones (excluding diaryl/α,β-unsaturated/α-hetero) is 1. The predicted octanol–water partition coefficient (Wildman–Crippen LogP) is -0.649. The van der Waals surface area contributed by atoms with Gasteiger partial charge in [0.2, 0.25) is 0 Å². The van der Waals surface area contributed by atoms with E-state index in [1.807, 2.05) is 0 Å². The van der Waals surface area contributed by atoms with Crippen molar-refractivity contribution < 1.29 is 14.7 Å². The molecule has 48 valence electrons. The van der Waals surface area contributed by atoms with Crippen LogP contribution in [0.3, 0.4) is 0 Å². The molecule has 0 aliphatic rings. The van der Waals surface area contributed by atoms with Crippen molar-refractivity contribution in [3.63, 3.8) is 0 Å². The second-order valence-corrected chi connectivity index (χ2v) is 1.40. The van der Waals surface area contributed by atoms with Crippen LogP contribution in [0.2, 0.25) is 0 Å². The Bertz CT molecular complexity index is 65.7. The van der Waals surface area contributed by atoms with Gasteiger partial charge in [-0.1, -0.05) is 0 Å². The minimum absolute atomic E-state index is 0.167. The molecule has 0 N–H and O–H groups in total. The number of carboxylic acids is 1. The van der Waals surface area contributed by atoms with Crippen molar-refractivity contribution in [3.05, 3.63) is 0 Å². The van der Waals surface area contributed by atoms with Crippen LogP contribution in [0, 0.1) is 0 Å². The molecule has 0 aliphatic carbocycles. The molecule has 0 saturated heterocycles. The van der Waals surface area contributed by atoms with Gasteiger partial charge in [-0.3, -0.25) is 0 Å². The van der Waals surface area contributed by atoms with Crippen LogP contribution in [-0.4, -0.2) is 11.8 Å². The molecule has 0 aromatic carbocycles. The van der Waals surface area contributed by atoms with Gasteiger partial charge in [-0.2, -0.15) is 0 Å². The first kappa shape index (κ1) is 10.2. The molecule has 0 atom stereocenters. The molecule has 0 spiro atoms. The van der Waals surface area contributed by atoms with Gasteiger partial charge in [0.15, 0.2) is 0 Å². The first-order valence-corrected chi connectivity index (χ1v) is 2.11. The van der Waals surface area contributed by atoms with Crippen molar-refractivity contribution >= 4 is 11.8 Å². The van der Waals surface area contributed by atoms with Crippen molar-refractivity contribution in [1.29, 1.82) is 0 Å². The average molecular weight is 117 g/mol. The number of hydrogen-bond acceptors (Lipinski definition) is 3. The number of carbonyl (C=O) groups is 2. The van der Waals surface area contributed by atoms with E-state index >= 15 is 0 Å². The SMILES string of the molecule is CC(=O)[O-].CC(C)=O. The van der Waals surface area contributed by atoms with Crippen LogP contribution >= 0.6 is 0 Å². The van der Waals surface area contributed by atoms with E-state index in [0.29, 0.717) is 0 Å². The third-order valence-corrected chi connectivity index (χ3v) is 0. The van der Waals surface area contributed by atoms with E-state index < -0.39 is 5.97 Å². The summed E-state index contributed by atoms with van der Waals surface area (Å²) in [7, 11) is 0. The molecule has 0 fully saturated rings. The highest BCUT2D eigenvalue weighted by molar-refractivity contribution is 5.72. The molecule has 0 bridgehead atoms. The lowest BCUT2D eigenvalue weighted by Gasteiger charge is -1.77. The molecule has 3 heteroatoms. The van der Waals surface area contributed by atoms with Crippen LogP contribution in [0.5, 0.6) is 0 Å². The second kappa shape index (κ2) is 6.14. The summed E-state index contributed by atoms with van der Waals surface area (Å²) in [6, 6.07) is 0. The highest BCUT2D eigenvalue weighted by Gasteiger charge is 1.62. The van der Waals surface area contributed by atoms with Crippen LogP contribution in [0.25, 0.3) is 0 Å². The van der Waals surface area contributed by atoms with Gasteiger partial charge >= 0.3 is 0 Å². The lowest BCUT2D eigenvalue weighted by atomic mass is 10.6. The maximum absolute atomic E-state index is 9.44. The lowest BCUT2D eigenvalue weighted by molar-refractivity contribution is -0.302. The molecule has 0 aliphatic heterocycles. The Hall–Kier alpha value is -0.860. The first-order valence-electron chi connectivity index (χ1n) is 2.11. The summed E-state index contributed by atoms with van der Waals surface area (Å²) < 4.78 is 0. The fourth-order valence-electron chi connectivity index (χ4n) is 0. The van der Waals surface area contributed by atoms with Crippen molar-refractivity contribution in [2.45, 2.75) is 20.8 Å². The zero-order valence-corrected chi connectivity index (χ0v) is 5.22. The Morgan fingerprint density at radius 1 is 1.12 bits per heavy atom. The van der Waals surface area contributed by atoms with Crippen LogP contribution in [0.15, 0.2) is 0 Å². The number of hydrogen-bond donors (Lipinski definition) is 0. The average Bonchev–Trinajstić information content (AvgIpc) is 1.25. The topological polar surface area (TPSA) is 57.2 Å². The fourth-order valence-corrected chi connectivity index (χ4v) is 0. The zero-order valence-electron chi connectivity index (χ0n) is 5.22. The number of aliphatic carboxylic acids is 1. The summed E-state index contributed by atoms with van der Waals surface area (Å²) in [5.74, 6) is -0.917. The number of rotatable bonds is 0. The minimum Gasteiger partial charge on any atom is -0.550 e. The molecule has 3 nitrogen and oxygen atoms in total. The normalized spacial score (nSPS) is 6.38. The molecular weight excluding hydrogens is 108 g/mol. The number of carbonyl (C=O) groups excluding carboxylic acids is 2. The molecule has 0 rings (SSSR count). The van der Waals surface area contributed by atoms with Crippen molar-refractivity contribution in [3.8, 4) is 0 Å². The molecule has 0 radical (unpaired) electrons. The van der Waals surface area contributed by atoms with Crippen LogP contribution in [-0.2, 0) is 9.59 Å². The first-order chi connectivity index (χ1) is 3.46. The van der Waals surface area contributed by atoms with E-state index in [4.69, 9.17) is 9.90 Å². The van der Waals surface area contributed by atoms with Gasteiger partial charge in [0.25, 0.3) is 0 Å². The molecule has 0 aromatic heterocycles. The van der Waals surface area contributed by atoms with Gasteiger partial charge in [-0.05, 0) is 20.8 Å². The van der Waals surface area contributed by atoms with Gasteiger partial charge < -0.3 is 14.7 Å². The molecule has 0 aromatic rings. The summed E-state index contributed by atoms with van der Waals surface area (Å²) in [6.07, 6.45) is 0. The zero-order chi connectivity index (χ0) is 7.15. The summed E-state index contributed by atoms with van der Waals surface area (Å²) in [5.41, 5.74) is 0. The van der Waals surface area contributed by atoms with E-state index in [1.165, 1.54) is 13.8 Å². The van der Waals surface area contributed by atoms with Gasteiger partial charge in [0, 0.05) is 5.97 Å². The molecule has 0 unspecified atom stereocenters. The highest BCUT2D eigenvalue weighted by Crippen LogP contribution is 1.50. The maximum atomic E-state index is 9.44. The quantitative estimate of drug-likeness (QED) is 0.423. The Balaban J connectivity index is 0. The summed E-state index contributed by atoms with van der Waals surface area (Å²) in [5, 5.41) is 8.89. The van der Waals surface area contributed by atoms with E-state index in [9.17, 15) is 4.79 Å². The van der Waals surface area contributed by atoms with Gasteiger partial charge in [0.05, 0.1) is 0 Å². The van der Waals surface area contributed by atoms with Crippen molar-refractivity contribution in [2.75, 3.05) is 0 Å². The molecular formula is C5H9O3-. The molecule has 8 heavy (non-hydrogen) atoms. The standard InChI is InChI=1S/C3H6O.C2H4O2/c1-3(2)4;1-2(3)4/h1-2H3;1H3,(H,3,4)/p-1. The Kier molecular flexibility index (Phi) is 7.82. The minimum atomic E-state index is -1.08. The van der Waals surface area contributed by atoms with Gasteiger partial charge in [0.1, 0.15) is 5.78 Å². The summed E-state index contributed by atoms with van der Waals surface area (Å²) >= 11 is 0. The van der Waals surface area contributed by atoms with Gasteiger partial charge in [-0.15, -0.1) is 0 Å². The lowest BCUT2D eigenvalue weighted by Crippen LogP contribution is -2.16. The van der Waals surface area contributed by atoms with E-state index in [0.717, 1.165) is 6.92 Å².